The number of benzene rings is 2. The van der Waals surface area contributed by atoms with Crippen LogP contribution in [0.2, 0.25) is 5.02 Å². The van der Waals surface area contributed by atoms with E-state index >= 15 is 0 Å². The molecule has 10 heteroatoms. The fraction of sp³-hybridized carbons (Fsp3) is 0.200. The zero-order valence-corrected chi connectivity index (χ0v) is 16.9. The molecule has 0 unspecified atom stereocenters. The molecule has 3 aromatic rings. The van der Waals surface area contributed by atoms with Crippen molar-refractivity contribution in [1.82, 2.24) is 4.98 Å². The smallest absolute Gasteiger partial charge is 0.387 e. The van der Waals surface area contributed by atoms with E-state index in [1.807, 2.05) is 0 Å². The van der Waals surface area contributed by atoms with Gasteiger partial charge in [0.1, 0.15) is 19.0 Å². The van der Waals surface area contributed by atoms with Crippen LogP contribution < -0.4 is 19.5 Å². The van der Waals surface area contributed by atoms with E-state index in [0.717, 1.165) is 0 Å². The van der Waals surface area contributed by atoms with E-state index in [1.54, 1.807) is 35.7 Å². The van der Waals surface area contributed by atoms with Gasteiger partial charge in [0.25, 0.3) is 0 Å². The highest BCUT2D eigenvalue weighted by atomic mass is 35.5. The molecule has 0 spiro atoms. The molecule has 4 rings (SSSR count). The molecule has 30 heavy (non-hydrogen) atoms. The minimum atomic E-state index is -2.94. The van der Waals surface area contributed by atoms with Crippen LogP contribution in [0, 0.1) is 0 Å². The quantitative estimate of drug-likeness (QED) is 0.569. The molecule has 2 aromatic carbocycles. The first-order valence-corrected chi connectivity index (χ1v) is 10.1. The third-order valence-corrected chi connectivity index (χ3v) is 5.19. The Morgan fingerprint density at radius 2 is 2.07 bits per heavy atom. The topological polar surface area (TPSA) is 69.7 Å². The van der Waals surface area contributed by atoms with Gasteiger partial charge >= 0.3 is 6.61 Å². The Hall–Kier alpha value is -2.91. The maximum Gasteiger partial charge on any atom is 0.387 e. The predicted molar refractivity (Wildman–Crippen MR) is 109 cm³/mol. The number of nitrogens with zero attached hydrogens (tertiary/aromatic N) is 1. The minimum absolute atomic E-state index is 0.0154. The van der Waals surface area contributed by atoms with Crippen LogP contribution in [-0.2, 0) is 11.2 Å². The normalized spacial score (nSPS) is 12.7. The van der Waals surface area contributed by atoms with Crippen LogP contribution >= 0.6 is 22.9 Å². The second-order valence-corrected chi connectivity index (χ2v) is 7.50. The number of halogens is 3. The number of amides is 1. The number of alkyl halides is 2. The number of anilines is 1. The molecule has 1 aliphatic rings. The Morgan fingerprint density at radius 1 is 1.27 bits per heavy atom. The maximum atomic E-state index is 12.6. The second kappa shape index (κ2) is 8.85. The monoisotopic (exact) mass is 452 g/mol. The van der Waals surface area contributed by atoms with Crippen molar-refractivity contribution in [3.8, 4) is 28.5 Å². The number of nitrogens with one attached hydrogen (secondary N) is 1. The summed E-state index contributed by atoms with van der Waals surface area (Å²) in [5, 5.41) is 5.08. The van der Waals surface area contributed by atoms with Crippen molar-refractivity contribution in [2.24, 2.45) is 0 Å². The summed E-state index contributed by atoms with van der Waals surface area (Å²) < 4.78 is 40.7. The number of hydrogen-bond acceptors (Lipinski definition) is 6. The van der Waals surface area contributed by atoms with Crippen molar-refractivity contribution in [2.45, 2.75) is 13.0 Å². The minimum Gasteiger partial charge on any atom is -0.486 e. The first kappa shape index (κ1) is 20.4. The molecule has 0 saturated heterocycles. The number of aromatic nitrogens is 1. The largest absolute Gasteiger partial charge is 0.486 e. The van der Waals surface area contributed by atoms with Gasteiger partial charge in [0.2, 0.25) is 5.91 Å². The SMILES string of the molecule is O=C(Cc1cc(Cl)c2c(c1)OCCO2)Nc1nc(-c2ccccc2OC(F)F)cs1. The Morgan fingerprint density at radius 3 is 2.90 bits per heavy atom. The molecule has 156 valence electrons. The van der Waals surface area contributed by atoms with Gasteiger partial charge in [0.05, 0.1) is 17.1 Å². The lowest BCUT2D eigenvalue weighted by atomic mass is 10.1. The van der Waals surface area contributed by atoms with Crippen molar-refractivity contribution in [3.05, 3.63) is 52.4 Å². The third-order valence-electron chi connectivity index (χ3n) is 4.15. The van der Waals surface area contributed by atoms with Gasteiger partial charge in [0, 0.05) is 10.9 Å². The number of carbonyl (C=O) groups is 1. The summed E-state index contributed by atoms with van der Waals surface area (Å²) >= 11 is 7.38. The lowest BCUT2D eigenvalue weighted by Crippen LogP contribution is -2.17. The molecule has 0 aliphatic carbocycles. The Labute approximate surface area is 179 Å². The highest BCUT2D eigenvalue weighted by Crippen LogP contribution is 2.38. The first-order chi connectivity index (χ1) is 14.5. The third kappa shape index (κ3) is 4.63. The van der Waals surface area contributed by atoms with Gasteiger partial charge in [-0.05, 0) is 29.8 Å². The van der Waals surface area contributed by atoms with Gasteiger partial charge in [-0.15, -0.1) is 11.3 Å². The predicted octanol–water partition coefficient (Wildman–Crippen LogP) is 5.02. The van der Waals surface area contributed by atoms with E-state index in [0.29, 0.717) is 51.7 Å². The van der Waals surface area contributed by atoms with Crippen molar-refractivity contribution in [3.63, 3.8) is 0 Å². The Kier molecular flexibility index (Phi) is 6.01. The maximum absolute atomic E-state index is 12.6. The van der Waals surface area contributed by atoms with Crippen LogP contribution in [0.1, 0.15) is 5.56 Å². The summed E-state index contributed by atoms with van der Waals surface area (Å²) in [6, 6.07) is 9.71. The van der Waals surface area contributed by atoms with Crippen LogP contribution in [0.25, 0.3) is 11.3 Å². The fourth-order valence-corrected chi connectivity index (χ4v) is 3.96. The number of carbonyl (C=O) groups excluding carboxylic acids is 1. The molecular formula is C20H15ClF2N2O4S. The molecule has 0 radical (unpaired) electrons. The lowest BCUT2D eigenvalue weighted by Gasteiger charge is -2.20. The molecule has 2 heterocycles. The van der Waals surface area contributed by atoms with Gasteiger partial charge in [-0.2, -0.15) is 8.78 Å². The van der Waals surface area contributed by atoms with Gasteiger partial charge in [-0.25, -0.2) is 4.98 Å². The standard InChI is InChI=1S/C20H15ClF2N2O4S/c21-13-7-11(8-16-18(13)28-6-5-27-16)9-17(26)25-20-24-14(10-30-20)12-3-1-2-4-15(12)29-19(22)23/h1-4,7-8,10,19H,5-6,9H2,(H,24,25,26). The average Bonchev–Trinajstić information content (AvgIpc) is 3.16. The average molecular weight is 453 g/mol. The van der Waals surface area contributed by atoms with Gasteiger partial charge < -0.3 is 19.5 Å². The van der Waals surface area contributed by atoms with Gasteiger partial charge in [-0.1, -0.05) is 23.7 Å². The number of para-hydroxylation sites is 1. The zero-order valence-electron chi connectivity index (χ0n) is 15.4. The van der Waals surface area contributed by atoms with E-state index in [4.69, 9.17) is 21.1 Å². The second-order valence-electron chi connectivity index (χ2n) is 6.24. The lowest BCUT2D eigenvalue weighted by molar-refractivity contribution is -0.115. The number of fused-ring (bicyclic) bond motifs is 1. The van der Waals surface area contributed by atoms with Crippen LogP contribution in [0.3, 0.4) is 0 Å². The van der Waals surface area contributed by atoms with Gasteiger partial charge in [-0.3, -0.25) is 4.79 Å². The summed E-state index contributed by atoms with van der Waals surface area (Å²) in [5.74, 6) is 0.687. The highest BCUT2D eigenvalue weighted by molar-refractivity contribution is 7.14. The number of hydrogen-bond donors (Lipinski definition) is 1. The van der Waals surface area contributed by atoms with Crippen molar-refractivity contribution < 1.29 is 27.8 Å². The number of thiazole rings is 1. The number of ether oxygens (including phenoxy) is 3. The summed E-state index contributed by atoms with van der Waals surface area (Å²) in [4.78, 5) is 16.7. The molecule has 6 nitrogen and oxygen atoms in total. The van der Waals surface area contributed by atoms with Crippen molar-refractivity contribution in [1.29, 1.82) is 0 Å². The van der Waals surface area contributed by atoms with Crippen molar-refractivity contribution in [2.75, 3.05) is 18.5 Å². The Bertz CT molecular complexity index is 1080. The van der Waals surface area contributed by atoms with Crippen LogP contribution in [0.5, 0.6) is 17.2 Å². The van der Waals surface area contributed by atoms with E-state index in [1.165, 1.54) is 17.4 Å². The molecule has 1 aromatic heterocycles. The van der Waals surface area contributed by atoms with Crippen molar-refractivity contribution >= 4 is 34.0 Å². The molecule has 0 atom stereocenters. The summed E-state index contributed by atoms with van der Waals surface area (Å²) in [5.41, 5.74) is 1.50. The molecule has 0 fully saturated rings. The molecule has 1 amide bonds. The van der Waals surface area contributed by atoms with Gasteiger partial charge in [0.15, 0.2) is 16.6 Å². The number of rotatable bonds is 6. The van der Waals surface area contributed by atoms with E-state index in [9.17, 15) is 13.6 Å². The van der Waals surface area contributed by atoms with E-state index in [2.05, 4.69) is 15.0 Å². The molecule has 0 bridgehead atoms. The molecular weight excluding hydrogens is 438 g/mol. The van der Waals surface area contributed by atoms with Crippen LogP contribution in [-0.4, -0.2) is 30.7 Å². The van der Waals surface area contributed by atoms with Crippen LogP contribution in [0.15, 0.2) is 41.8 Å². The summed E-state index contributed by atoms with van der Waals surface area (Å²) in [6.45, 7) is -2.11. The zero-order chi connectivity index (χ0) is 21.1. The summed E-state index contributed by atoms with van der Waals surface area (Å²) in [6.07, 6.45) is 0.0519. The Balaban J connectivity index is 1.46. The fourth-order valence-electron chi connectivity index (χ4n) is 2.95. The summed E-state index contributed by atoms with van der Waals surface area (Å²) in [7, 11) is 0. The van der Waals surface area contributed by atoms with E-state index in [-0.39, 0.29) is 18.1 Å². The highest BCUT2D eigenvalue weighted by Gasteiger charge is 2.19. The first-order valence-electron chi connectivity index (χ1n) is 8.87. The molecule has 1 N–H and O–H groups in total. The van der Waals surface area contributed by atoms with E-state index < -0.39 is 6.61 Å². The molecule has 0 saturated carbocycles. The molecule has 1 aliphatic heterocycles. The van der Waals surface area contributed by atoms with Crippen LogP contribution in [0.4, 0.5) is 13.9 Å².